The molecule has 0 atom stereocenters. The molecule has 3 rings (SSSR count). The van der Waals surface area contributed by atoms with E-state index >= 15 is 0 Å². The fourth-order valence-corrected chi connectivity index (χ4v) is 2.13. The molecule has 0 bridgehead atoms. The first-order valence-corrected chi connectivity index (χ1v) is 7.03. The highest BCUT2D eigenvalue weighted by Crippen LogP contribution is 2.24. The van der Waals surface area contributed by atoms with Crippen LogP contribution in [0.3, 0.4) is 0 Å². The average Bonchev–Trinajstić information content (AvgIpc) is 3.07. The predicted molar refractivity (Wildman–Crippen MR) is 72.1 cm³/mol. The molecule has 19 heavy (non-hydrogen) atoms. The minimum atomic E-state index is -0.374. The topological polar surface area (TPSA) is 51.0 Å². The first kappa shape index (κ1) is 12.7. The second kappa shape index (κ2) is 5.38. The molecule has 1 aliphatic carbocycles. The van der Waals surface area contributed by atoms with Crippen LogP contribution in [0.25, 0.3) is 11.5 Å². The SMILES string of the molecule is Fc1cc(Br)ccc1-c1nnc(CCNC2CC2)o1. The summed E-state index contributed by atoms with van der Waals surface area (Å²) in [4.78, 5) is 0. The Labute approximate surface area is 118 Å². The number of benzene rings is 1. The van der Waals surface area contributed by atoms with Gasteiger partial charge in [0.15, 0.2) is 0 Å². The van der Waals surface area contributed by atoms with E-state index in [0.717, 1.165) is 6.54 Å². The molecule has 0 aliphatic heterocycles. The maximum Gasteiger partial charge on any atom is 0.250 e. The molecular weight excluding hydrogens is 313 g/mol. The van der Waals surface area contributed by atoms with Gasteiger partial charge < -0.3 is 9.73 Å². The van der Waals surface area contributed by atoms with E-state index in [1.807, 2.05) is 0 Å². The Morgan fingerprint density at radius 2 is 2.21 bits per heavy atom. The van der Waals surface area contributed by atoms with Crippen LogP contribution in [0.4, 0.5) is 4.39 Å². The average molecular weight is 326 g/mol. The highest BCUT2D eigenvalue weighted by molar-refractivity contribution is 9.10. The number of halogens is 2. The van der Waals surface area contributed by atoms with Crippen LogP contribution < -0.4 is 5.32 Å². The van der Waals surface area contributed by atoms with Gasteiger partial charge in [0.1, 0.15) is 5.82 Å². The lowest BCUT2D eigenvalue weighted by atomic mass is 10.2. The van der Waals surface area contributed by atoms with E-state index in [0.29, 0.717) is 28.4 Å². The number of aromatic nitrogens is 2. The van der Waals surface area contributed by atoms with Crippen molar-refractivity contribution >= 4 is 15.9 Å². The van der Waals surface area contributed by atoms with Gasteiger partial charge in [-0.3, -0.25) is 0 Å². The molecule has 100 valence electrons. The maximum absolute atomic E-state index is 13.7. The van der Waals surface area contributed by atoms with Crippen LogP contribution in [0.15, 0.2) is 27.1 Å². The van der Waals surface area contributed by atoms with Gasteiger partial charge in [-0.15, -0.1) is 10.2 Å². The van der Waals surface area contributed by atoms with Crippen molar-refractivity contribution in [3.05, 3.63) is 34.4 Å². The number of hydrogen-bond acceptors (Lipinski definition) is 4. The molecule has 6 heteroatoms. The minimum Gasteiger partial charge on any atom is -0.421 e. The zero-order valence-corrected chi connectivity index (χ0v) is 11.8. The van der Waals surface area contributed by atoms with Crippen LogP contribution in [0.5, 0.6) is 0 Å². The third-order valence-electron chi connectivity index (χ3n) is 2.98. The lowest BCUT2D eigenvalue weighted by molar-refractivity contribution is 0.490. The standard InChI is InChI=1S/C13H13BrFN3O/c14-8-1-4-10(11(15)7-8)13-18-17-12(19-13)5-6-16-9-2-3-9/h1,4,7,9,16H,2-3,5-6H2. The summed E-state index contributed by atoms with van der Waals surface area (Å²) in [7, 11) is 0. The van der Waals surface area contributed by atoms with E-state index in [-0.39, 0.29) is 11.7 Å². The molecule has 1 aromatic carbocycles. The summed E-state index contributed by atoms with van der Waals surface area (Å²) < 4.78 is 19.9. The van der Waals surface area contributed by atoms with Gasteiger partial charge in [-0.25, -0.2) is 4.39 Å². The Kier molecular flexibility index (Phi) is 3.61. The molecule has 0 spiro atoms. The van der Waals surface area contributed by atoms with Gasteiger partial charge in [0.05, 0.1) is 5.56 Å². The smallest absolute Gasteiger partial charge is 0.250 e. The summed E-state index contributed by atoms with van der Waals surface area (Å²) >= 11 is 3.21. The van der Waals surface area contributed by atoms with Crippen molar-refractivity contribution in [2.75, 3.05) is 6.54 Å². The Bertz CT molecular complexity index is 583. The molecule has 1 N–H and O–H groups in total. The van der Waals surface area contributed by atoms with Gasteiger partial charge in [0.25, 0.3) is 5.89 Å². The van der Waals surface area contributed by atoms with E-state index in [1.165, 1.54) is 18.9 Å². The molecule has 2 aromatic rings. The highest BCUT2D eigenvalue weighted by Gasteiger charge is 2.20. The molecule has 1 fully saturated rings. The van der Waals surface area contributed by atoms with Crippen molar-refractivity contribution in [3.63, 3.8) is 0 Å². The Hall–Kier alpha value is -1.27. The third-order valence-corrected chi connectivity index (χ3v) is 3.47. The summed E-state index contributed by atoms with van der Waals surface area (Å²) in [5.74, 6) is 0.387. The molecule has 0 saturated heterocycles. The molecule has 1 aliphatic rings. The molecule has 1 heterocycles. The van der Waals surface area contributed by atoms with Crippen LogP contribution in [0.2, 0.25) is 0 Å². The monoisotopic (exact) mass is 325 g/mol. The second-order valence-electron chi connectivity index (χ2n) is 4.60. The van der Waals surface area contributed by atoms with Crippen LogP contribution >= 0.6 is 15.9 Å². The Balaban J connectivity index is 1.68. The number of rotatable bonds is 5. The van der Waals surface area contributed by atoms with Crippen LogP contribution in [-0.2, 0) is 6.42 Å². The van der Waals surface area contributed by atoms with E-state index in [9.17, 15) is 4.39 Å². The maximum atomic E-state index is 13.7. The van der Waals surface area contributed by atoms with Crippen LogP contribution in [-0.4, -0.2) is 22.8 Å². The summed E-state index contributed by atoms with van der Waals surface area (Å²) in [6.07, 6.45) is 3.17. The normalized spacial score (nSPS) is 14.8. The van der Waals surface area contributed by atoms with Gasteiger partial charge in [-0.2, -0.15) is 0 Å². The highest BCUT2D eigenvalue weighted by atomic mass is 79.9. The van der Waals surface area contributed by atoms with Crippen molar-refractivity contribution in [3.8, 4) is 11.5 Å². The summed E-state index contributed by atoms with van der Waals surface area (Å²) in [6, 6.07) is 5.41. The van der Waals surface area contributed by atoms with Gasteiger partial charge in [-0.1, -0.05) is 15.9 Å². The Morgan fingerprint density at radius 3 is 2.95 bits per heavy atom. The zero-order chi connectivity index (χ0) is 13.2. The van der Waals surface area contributed by atoms with Gasteiger partial charge in [0.2, 0.25) is 5.89 Å². The third kappa shape index (κ3) is 3.19. The number of hydrogen-bond donors (Lipinski definition) is 1. The summed E-state index contributed by atoms with van der Waals surface area (Å²) in [5.41, 5.74) is 0.331. The molecule has 1 saturated carbocycles. The molecule has 0 amide bonds. The largest absolute Gasteiger partial charge is 0.421 e. The van der Waals surface area contributed by atoms with Crippen molar-refractivity contribution < 1.29 is 8.81 Å². The predicted octanol–water partition coefficient (Wildman–Crippen LogP) is 2.93. The molecule has 0 radical (unpaired) electrons. The number of nitrogens with zero attached hydrogens (tertiary/aromatic N) is 2. The minimum absolute atomic E-state index is 0.228. The fourth-order valence-electron chi connectivity index (χ4n) is 1.80. The second-order valence-corrected chi connectivity index (χ2v) is 5.52. The van der Waals surface area contributed by atoms with E-state index in [2.05, 4.69) is 31.4 Å². The molecule has 1 aromatic heterocycles. The van der Waals surface area contributed by atoms with Gasteiger partial charge >= 0.3 is 0 Å². The number of nitrogens with one attached hydrogen (secondary N) is 1. The van der Waals surface area contributed by atoms with Gasteiger partial charge in [0, 0.05) is 23.5 Å². The Morgan fingerprint density at radius 1 is 1.37 bits per heavy atom. The fraction of sp³-hybridized carbons (Fsp3) is 0.385. The molecular formula is C13H13BrFN3O. The van der Waals surface area contributed by atoms with Crippen molar-refractivity contribution in [2.24, 2.45) is 0 Å². The van der Waals surface area contributed by atoms with Gasteiger partial charge in [-0.05, 0) is 31.0 Å². The summed E-state index contributed by atoms with van der Waals surface area (Å²) in [6.45, 7) is 0.815. The lowest BCUT2D eigenvalue weighted by Gasteiger charge is -1.99. The van der Waals surface area contributed by atoms with E-state index in [4.69, 9.17) is 4.42 Å². The zero-order valence-electron chi connectivity index (χ0n) is 10.2. The van der Waals surface area contributed by atoms with Crippen LogP contribution in [0.1, 0.15) is 18.7 Å². The summed E-state index contributed by atoms with van der Waals surface area (Å²) in [5, 5.41) is 11.2. The quantitative estimate of drug-likeness (QED) is 0.918. The van der Waals surface area contributed by atoms with E-state index < -0.39 is 0 Å². The lowest BCUT2D eigenvalue weighted by Crippen LogP contribution is -2.19. The first-order valence-electron chi connectivity index (χ1n) is 6.23. The van der Waals surface area contributed by atoms with Crippen molar-refractivity contribution in [1.29, 1.82) is 0 Å². The van der Waals surface area contributed by atoms with Crippen molar-refractivity contribution in [1.82, 2.24) is 15.5 Å². The molecule has 0 unspecified atom stereocenters. The van der Waals surface area contributed by atoms with Crippen molar-refractivity contribution in [2.45, 2.75) is 25.3 Å². The molecule has 4 nitrogen and oxygen atoms in total. The first-order chi connectivity index (χ1) is 9.22. The van der Waals surface area contributed by atoms with Crippen LogP contribution in [0, 0.1) is 5.82 Å². The van der Waals surface area contributed by atoms with E-state index in [1.54, 1.807) is 12.1 Å².